The molecule has 0 aromatic heterocycles. The number of likely N-dealkylation sites (N-methyl/N-ethyl adjacent to an activating group) is 1. The second kappa shape index (κ2) is 7.72. The van der Waals surface area contributed by atoms with Crippen LogP contribution in [0.5, 0.6) is 0 Å². The third-order valence-corrected chi connectivity index (χ3v) is 3.99. The van der Waals surface area contributed by atoms with Gasteiger partial charge in [-0.25, -0.2) is 4.39 Å². The molecule has 0 spiro atoms. The Kier molecular flexibility index (Phi) is 5.95. The van der Waals surface area contributed by atoms with Crippen LogP contribution in [0.3, 0.4) is 0 Å². The lowest BCUT2D eigenvalue weighted by atomic mass is 10.0. The molecule has 1 fully saturated rings. The van der Waals surface area contributed by atoms with Gasteiger partial charge in [0.1, 0.15) is 5.82 Å². The molecular weight excluding hydrogens is 255 g/mol. The Morgan fingerprint density at radius 2 is 2.15 bits per heavy atom. The van der Waals surface area contributed by atoms with Crippen LogP contribution in [0.4, 0.5) is 4.39 Å². The fraction of sp³-hybridized carbons (Fsp3) is 0.625. The van der Waals surface area contributed by atoms with Crippen molar-refractivity contribution in [2.45, 2.75) is 38.3 Å². The first kappa shape index (κ1) is 15.4. The molecule has 1 saturated heterocycles. The van der Waals surface area contributed by atoms with Gasteiger partial charge in [-0.3, -0.25) is 0 Å². The maximum Gasteiger partial charge on any atom is 0.123 e. The van der Waals surface area contributed by atoms with Crippen molar-refractivity contribution in [3.8, 4) is 0 Å². The van der Waals surface area contributed by atoms with Gasteiger partial charge >= 0.3 is 0 Å². The maximum atomic E-state index is 12.9. The number of ether oxygens (including phenoxy) is 1. The van der Waals surface area contributed by atoms with Crippen molar-refractivity contribution in [3.63, 3.8) is 0 Å². The van der Waals surface area contributed by atoms with Crippen molar-refractivity contribution in [1.29, 1.82) is 0 Å². The monoisotopic (exact) mass is 280 g/mol. The molecule has 0 aliphatic carbocycles. The summed E-state index contributed by atoms with van der Waals surface area (Å²) in [5.74, 6) is -0.213. The van der Waals surface area contributed by atoms with E-state index in [9.17, 15) is 4.39 Å². The van der Waals surface area contributed by atoms with Crippen molar-refractivity contribution in [1.82, 2.24) is 4.90 Å². The van der Waals surface area contributed by atoms with Crippen LogP contribution < -0.4 is 5.73 Å². The van der Waals surface area contributed by atoms with E-state index in [1.54, 1.807) is 12.1 Å². The molecule has 2 unspecified atom stereocenters. The molecule has 4 heteroatoms. The number of nitrogens with zero attached hydrogens (tertiary/aromatic N) is 1. The molecule has 3 nitrogen and oxygen atoms in total. The number of hydrogen-bond donors (Lipinski definition) is 1. The average Bonchev–Trinajstić information content (AvgIpc) is 2.96. The van der Waals surface area contributed by atoms with Gasteiger partial charge < -0.3 is 15.4 Å². The van der Waals surface area contributed by atoms with Crippen LogP contribution in [0.25, 0.3) is 0 Å². The molecule has 0 radical (unpaired) electrons. The molecule has 1 aromatic carbocycles. The van der Waals surface area contributed by atoms with E-state index < -0.39 is 0 Å². The third kappa shape index (κ3) is 4.54. The molecule has 0 amide bonds. The van der Waals surface area contributed by atoms with E-state index in [2.05, 4.69) is 11.8 Å². The third-order valence-electron chi connectivity index (χ3n) is 3.99. The Bertz CT molecular complexity index is 390. The van der Waals surface area contributed by atoms with Gasteiger partial charge in [0.05, 0.1) is 6.10 Å². The van der Waals surface area contributed by atoms with Gasteiger partial charge in [0.25, 0.3) is 0 Å². The topological polar surface area (TPSA) is 38.5 Å². The summed E-state index contributed by atoms with van der Waals surface area (Å²) in [6.45, 7) is 6.02. The Balaban J connectivity index is 1.78. The predicted octanol–water partition coefficient (Wildman–Crippen LogP) is 2.72. The normalized spacial score (nSPS) is 20.5. The quantitative estimate of drug-likeness (QED) is 0.834. The van der Waals surface area contributed by atoms with Crippen molar-refractivity contribution in [2.24, 2.45) is 5.73 Å². The first-order valence-electron chi connectivity index (χ1n) is 7.54. The molecular formula is C16H25FN2O. The van der Waals surface area contributed by atoms with Crippen molar-refractivity contribution < 1.29 is 9.13 Å². The Morgan fingerprint density at radius 3 is 2.75 bits per heavy atom. The first-order chi connectivity index (χ1) is 9.69. The summed E-state index contributed by atoms with van der Waals surface area (Å²) in [4.78, 5) is 2.39. The Morgan fingerprint density at radius 1 is 1.40 bits per heavy atom. The van der Waals surface area contributed by atoms with E-state index in [1.807, 2.05) is 0 Å². The van der Waals surface area contributed by atoms with Crippen molar-refractivity contribution in [2.75, 3.05) is 26.2 Å². The molecule has 2 rings (SSSR count). The fourth-order valence-corrected chi connectivity index (χ4v) is 2.65. The summed E-state index contributed by atoms with van der Waals surface area (Å²) < 4.78 is 18.6. The molecule has 2 N–H and O–H groups in total. The highest BCUT2D eigenvalue weighted by Gasteiger charge is 2.18. The molecule has 1 aliphatic rings. The number of hydrogen-bond acceptors (Lipinski definition) is 3. The zero-order valence-corrected chi connectivity index (χ0v) is 12.2. The SMILES string of the molecule is CCN(CCC(N)c1ccc(F)cc1)CC1CCCO1. The number of rotatable bonds is 7. The Hall–Kier alpha value is -0.970. The summed E-state index contributed by atoms with van der Waals surface area (Å²) >= 11 is 0. The molecule has 112 valence electrons. The highest BCUT2D eigenvalue weighted by atomic mass is 19.1. The molecule has 0 bridgehead atoms. The van der Waals surface area contributed by atoms with Crippen LogP contribution in [-0.4, -0.2) is 37.2 Å². The van der Waals surface area contributed by atoms with Crippen LogP contribution in [-0.2, 0) is 4.74 Å². The summed E-state index contributed by atoms with van der Waals surface area (Å²) in [5.41, 5.74) is 7.18. The lowest BCUT2D eigenvalue weighted by Gasteiger charge is -2.25. The zero-order valence-electron chi connectivity index (χ0n) is 12.2. The standard InChI is InChI=1S/C16H25FN2O/c1-2-19(12-15-4-3-11-20-15)10-9-16(18)13-5-7-14(17)8-6-13/h5-8,15-16H,2-4,9-12,18H2,1H3. The Labute approximate surface area is 120 Å². The van der Waals surface area contributed by atoms with Crippen LogP contribution in [0, 0.1) is 5.82 Å². The summed E-state index contributed by atoms with van der Waals surface area (Å²) in [6, 6.07) is 6.46. The summed E-state index contributed by atoms with van der Waals surface area (Å²) in [7, 11) is 0. The van der Waals surface area contributed by atoms with Gasteiger partial charge in [-0.2, -0.15) is 0 Å². The number of benzene rings is 1. The molecule has 1 heterocycles. The van der Waals surface area contributed by atoms with E-state index >= 15 is 0 Å². The predicted molar refractivity (Wildman–Crippen MR) is 79.0 cm³/mol. The lowest BCUT2D eigenvalue weighted by molar-refractivity contribution is 0.0738. The first-order valence-corrected chi connectivity index (χ1v) is 7.54. The van der Waals surface area contributed by atoms with Gasteiger partial charge in [0, 0.05) is 25.7 Å². The minimum atomic E-state index is -0.213. The van der Waals surface area contributed by atoms with E-state index in [-0.39, 0.29) is 11.9 Å². The number of halogens is 1. The molecule has 0 saturated carbocycles. The minimum Gasteiger partial charge on any atom is -0.377 e. The van der Waals surface area contributed by atoms with E-state index in [0.29, 0.717) is 6.10 Å². The minimum absolute atomic E-state index is 0.0332. The van der Waals surface area contributed by atoms with Crippen LogP contribution in [0.2, 0.25) is 0 Å². The van der Waals surface area contributed by atoms with Gasteiger partial charge in [-0.1, -0.05) is 19.1 Å². The maximum absolute atomic E-state index is 12.9. The van der Waals surface area contributed by atoms with E-state index in [0.717, 1.165) is 38.2 Å². The molecule has 1 aliphatic heterocycles. The zero-order chi connectivity index (χ0) is 14.4. The number of nitrogens with two attached hydrogens (primary N) is 1. The molecule has 20 heavy (non-hydrogen) atoms. The van der Waals surface area contributed by atoms with Gasteiger partial charge in [-0.15, -0.1) is 0 Å². The van der Waals surface area contributed by atoms with Crippen molar-refractivity contribution in [3.05, 3.63) is 35.6 Å². The highest BCUT2D eigenvalue weighted by molar-refractivity contribution is 5.19. The second-order valence-corrected chi connectivity index (χ2v) is 5.47. The highest BCUT2D eigenvalue weighted by Crippen LogP contribution is 2.17. The molecule has 1 aromatic rings. The van der Waals surface area contributed by atoms with E-state index in [1.165, 1.54) is 25.0 Å². The second-order valence-electron chi connectivity index (χ2n) is 5.47. The lowest BCUT2D eigenvalue weighted by Crippen LogP contribution is -2.34. The van der Waals surface area contributed by atoms with Crippen LogP contribution in [0.15, 0.2) is 24.3 Å². The average molecular weight is 280 g/mol. The van der Waals surface area contributed by atoms with Gasteiger partial charge in [0.15, 0.2) is 0 Å². The van der Waals surface area contributed by atoms with Crippen LogP contribution >= 0.6 is 0 Å². The van der Waals surface area contributed by atoms with Gasteiger partial charge in [-0.05, 0) is 43.5 Å². The molecule has 2 atom stereocenters. The largest absolute Gasteiger partial charge is 0.377 e. The summed E-state index contributed by atoms with van der Waals surface area (Å²) in [5, 5.41) is 0. The fourth-order valence-electron chi connectivity index (χ4n) is 2.65. The van der Waals surface area contributed by atoms with Crippen LogP contribution in [0.1, 0.15) is 37.8 Å². The van der Waals surface area contributed by atoms with Gasteiger partial charge in [0.2, 0.25) is 0 Å². The van der Waals surface area contributed by atoms with E-state index in [4.69, 9.17) is 10.5 Å². The van der Waals surface area contributed by atoms with Crippen molar-refractivity contribution >= 4 is 0 Å². The summed E-state index contributed by atoms with van der Waals surface area (Å²) in [6.07, 6.45) is 3.61. The smallest absolute Gasteiger partial charge is 0.123 e.